The molecule has 1 N–H and O–H groups in total. The molecule has 1 amide bonds. The Kier molecular flexibility index (Phi) is 5.63. The van der Waals surface area contributed by atoms with Gasteiger partial charge >= 0.3 is 12.1 Å². The third-order valence-electron chi connectivity index (χ3n) is 1.77. The van der Waals surface area contributed by atoms with Gasteiger partial charge in [0, 0.05) is 6.42 Å². The minimum absolute atomic E-state index is 0.678. The van der Waals surface area contributed by atoms with E-state index < -0.39 is 42.5 Å². The predicted octanol–water partition coefficient (Wildman–Crippen LogP) is 2.18. The number of alkyl halides is 3. The Morgan fingerprint density at radius 1 is 1.22 bits per heavy atom. The summed E-state index contributed by atoms with van der Waals surface area (Å²) in [5.41, 5.74) is -0.706. The van der Waals surface area contributed by atoms with Crippen molar-refractivity contribution in [1.82, 2.24) is 5.32 Å². The maximum absolute atomic E-state index is 11.9. The van der Waals surface area contributed by atoms with E-state index in [4.69, 9.17) is 4.74 Å². The minimum atomic E-state index is -4.38. The normalized spacial score (nSPS) is 13.9. The average molecular weight is 269 g/mol. The van der Waals surface area contributed by atoms with E-state index in [-0.39, 0.29) is 0 Å². The van der Waals surface area contributed by atoms with Crippen LogP contribution in [0.4, 0.5) is 13.2 Å². The molecule has 0 aromatic heterocycles. The number of carbonyl (C=O) groups excluding carboxylic acids is 2. The topological polar surface area (TPSA) is 55.4 Å². The van der Waals surface area contributed by atoms with Crippen molar-refractivity contribution >= 4 is 11.9 Å². The number of hydrogen-bond acceptors (Lipinski definition) is 3. The fraction of sp³-hybridized carbons (Fsp3) is 0.818. The molecule has 0 aromatic carbocycles. The van der Waals surface area contributed by atoms with Crippen LogP contribution in [0.15, 0.2) is 0 Å². The highest BCUT2D eigenvalue weighted by Crippen LogP contribution is 2.21. The molecular formula is C11H18F3NO3. The Balaban J connectivity index is 4.12. The van der Waals surface area contributed by atoms with E-state index in [1.54, 1.807) is 20.8 Å². The molecule has 0 aliphatic heterocycles. The van der Waals surface area contributed by atoms with Crippen molar-refractivity contribution in [2.24, 2.45) is 0 Å². The van der Waals surface area contributed by atoms with Crippen LogP contribution in [0.25, 0.3) is 0 Å². The minimum Gasteiger partial charge on any atom is -0.458 e. The van der Waals surface area contributed by atoms with E-state index in [0.717, 1.165) is 0 Å². The molecule has 106 valence electrons. The van der Waals surface area contributed by atoms with Gasteiger partial charge in [-0.2, -0.15) is 13.2 Å². The fourth-order valence-electron chi connectivity index (χ4n) is 1.02. The highest BCUT2D eigenvalue weighted by atomic mass is 19.4. The molecule has 0 aromatic rings. The van der Waals surface area contributed by atoms with E-state index in [2.05, 4.69) is 5.32 Å². The molecular weight excluding hydrogens is 251 g/mol. The summed E-state index contributed by atoms with van der Waals surface area (Å²) in [4.78, 5) is 22.6. The zero-order valence-corrected chi connectivity index (χ0v) is 10.9. The molecule has 0 spiro atoms. The SMILES string of the molecule is C[C@@H](NC(=O)CCC(F)(F)F)C(=O)OC(C)(C)C. The highest BCUT2D eigenvalue weighted by molar-refractivity contribution is 5.84. The van der Waals surface area contributed by atoms with E-state index in [1.807, 2.05) is 0 Å². The van der Waals surface area contributed by atoms with Crippen LogP contribution >= 0.6 is 0 Å². The van der Waals surface area contributed by atoms with Crippen molar-refractivity contribution in [2.45, 2.75) is 58.4 Å². The van der Waals surface area contributed by atoms with E-state index in [1.165, 1.54) is 6.92 Å². The van der Waals surface area contributed by atoms with Crippen molar-refractivity contribution in [1.29, 1.82) is 0 Å². The summed E-state index contributed by atoms with van der Waals surface area (Å²) in [6.45, 7) is 6.33. The lowest BCUT2D eigenvalue weighted by atomic mass is 10.2. The van der Waals surface area contributed by atoms with Gasteiger partial charge in [0.15, 0.2) is 0 Å². The number of rotatable bonds is 4. The summed E-state index contributed by atoms with van der Waals surface area (Å²) in [6.07, 6.45) is -6.29. The standard InChI is InChI=1S/C11H18F3NO3/c1-7(9(17)18-10(2,3)4)15-8(16)5-6-11(12,13)14/h7H,5-6H2,1-4H3,(H,15,16)/t7-/m1/s1. The summed E-state index contributed by atoms with van der Waals surface area (Å²) in [5.74, 6) is -1.51. The van der Waals surface area contributed by atoms with Crippen LogP contribution in [0.5, 0.6) is 0 Å². The number of nitrogens with one attached hydrogen (secondary N) is 1. The molecule has 0 saturated carbocycles. The first-order chi connectivity index (χ1) is 7.91. The number of amides is 1. The molecule has 18 heavy (non-hydrogen) atoms. The van der Waals surface area contributed by atoms with E-state index >= 15 is 0 Å². The Labute approximate surface area is 104 Å². The second kappa shape index (κ2) is 6.06. The Morgan fingerprint density at radius 2 is 1.72 bits per heavy atom. The largest absolute Gasteiger partial charge is 0.458 e. The Hall–Kier alpha value is -1.27. The highest BCUT2D eigenvalue weighted by Gasteiger charge is 2.29. The molecule has 1 atom stereocenters. The van der Waals surface area contributed by atoms with Crippen molar-refractivity contribution in [3.05, 3.63) is 0 Å². The molecule has 0 fully saturated rings. The molecule has 0 heterocycles. The van der Waals surface area contributed by atoms with Crippen molar-refractivity contribution in [2.75, 3.05) is 0 Å². The molecule has 0 unspecified atom stereocenters. The molecule has 0 saturated heterocycles. The van der Waals surface area contributed by atoms with Crippen molar-refractivity contribution < 1.29 is 27.5 Å². The molecule has 0 aliphatic carbocycles. The summed E-state index contributed by atoms with van der Waals surface area (Å²) in [5, 5.41) is 2.16. The second-order valence-corrected chi connectivity index (χ2v) is 4.94. The summed E-state index contributed by atoms with van der Waals surface area (Å²) < 4.78 is 40.6. The summed E-state index contributed by atoms with van der Waals surface area (Å²) >= 11 is 0. The van der Waals surface area contributed by atoms with Crippen LogP contribution in [-0.4, -0.2) is 29.7 Å². The van der Waals surface area contributed by atoms with Crippen molar-refractivity contribution in [3.63, 3.8) is 0 Å². The first-order valence-corrected chi connectivity index (χ1v) is 5.50. The lowest BCUT2D eigenvalue weighted by Gasteiger charge is -2.22. The lowest BCUT2D eigenvalue weighted by molar-refractivity contribution is -0.158. The van der Waals surface area contributed by atoms with Crippen LogP contribution in [0, 0.1) is 0 Å². The maximum atomic E-state index is 11.9. The van der Waals surface area contributed by atoms with Gasteiger partial charge < -0.3 is 10.1 Å². The zero-order chi connectivity index (χ0) is 14.6. The van der Waals surface area contributed by atoms with E-state index in [0.29, 0.717) is 0 Å². The van der Waals surface area contributed by atoms with Crippen LogP contribution < -0.4 is 5.32 Å². The zero-order valence-electron chi connectivity index (χ0n) is 10.9. The van der Waals surface area contributed by atoms with Gasteiger partial charge in [-0.3, -0.25) is 4.79 Å². The van der Waals surface area contributed by atoms with Gasteiger partial charge in [-0.15, -0.1) is 0 Å². The van der Waals surface area contributed by atoms with Gasteiger partial charge in [-0.25, -0.2) is 4.79 Å². The van der Waals surface area contributed by atoms with Gasteiger partial charge in [0.25, 0.3) is 0 Å². The molecule has 0 bridgehead atoms. The Bertz CT molecular complexity index is 308. The van der Waals surface area contributed by atoms with Crippen LogP contribution in [-0.2, 0) is 14.3 Å². The fourth-order valence-corrected chi connectivity index (χ4v) is 1.02. The number of halogens is 3. The molecule has 4 nitrogen and oxygen atoms in total. The van der Waals surface area contributed by atoms with Gasteiger partial charge in [0.1, 0.15) is 11.6 Å². The van der Waals surface area contributed by atoms with Crippen LogP contribution in [0.1, 0.15) is 40.5 Å². The third kappa shape index (κ3) is 8.83. The molecule has 7 heteroatoms. The monoisotopic (exact) mass is 269 g/mol. The van der Waals surface area contributed by atoms with Crippen molar-refractivity contribution in [3.8, 4) is 0 Å². The first-order valence-electron chi connectivity index (χ1n) is 5.50. The average Bonchev–Trinajstić information content (AvgIpc) is 2.10. The van der Waals surface area contributed by atoms with E-state index in [9.17, 15) is 22.8 Å². The number of hydrogen-bond donors (Lipinski definition) is 1. The quantitative estimate of drug-likeness (QED) is 0.796. The Morgan fingerprint density at radius 3 is 2.11 bits per heavy atom. The maximum Gasteiger partial charge on any atom is 0.389 e. The predicted molar refractivity (Wildman–Crippen MR) is 58.7 cm³/mol. The van der Waals surface area contributed by atoms with Crippen LogP contribution in [0.3, 0.4) is 0 Å². The number of carbonyl (C=O) groups is 2. The van der Waals surface area contributed by atoms with Gasteiger partial charge in [-0.1, -0.05) is 0 Å². The summed E-state index contributed by atoms with van der Waals surface area (Å²) in [6, 6.07) is -0.968. The second-order valence-electron chi connectivity index (χ2n) is 4.94. The van der Waals surface area contributed by atoms with Crippen LogP contribution in [0.2, 0.25) is 0 Å². The third-order valence-corrected chi connectivity index (χ3v) is 1.77. The first kappa shape index (κ1) is 16.7. The number of ether oxygens (including phenoxy) is 1. The molecule has 0 rings (SSSR count). The van der Waals surface area contributed by atoms with Gasteiger partial charge in [0.05, 0.1) is 6.42 Å². The lowest BCUT2D eigenvalue weighted by Crippen LogP contribution is -2.42. The smallest absolute Gasteiger partial charge is 0.389 e. The van der Waals surface area contributed by atoms with Gasteiger partial charge in [-0.05, 0) is 27.7 Å². The van der Waals surface area contributed by atoms with Gasteiger partial charge in [0.2, 0.25) is 5.91 Å². The number of esters is 1. The molecule has 0 aliphatic rings. The molecule has 0 radical (unpaired) electrons. The summed E-state index contributed by atoms with van der Waals surface area (Å²) in [7, 11) is 0.